The Bertz CT molecular complexity index is 828. The molecule has 0 amide bonds. The highest BCUT2D eigenvalue weighted by molar-refractivity contribution is 7.89. The smallest absolute Gasteiger partial charge is 0.309 e. The van der Waals surface area contributed by atoms with Gasteiger partial charge in [-0.2, -0.15) is 4.31 Å². The molecule has 140 valence electrons. The minimum atomic E-state index is -3.47. The third-order valence-corrected chi connectivity index (χ3v) is 7.95. The molecule has 3 aliphatic rings. The molecule has 1 aromatic rings. The van der Waals surface area contributed by atoms with Crippen molar-refractivity contribution in [2.75, 3.05) is 19.7 Å². The van der Waals surface area contributed by atoms with E-state index in [2.05, 4.69) is 6.08 Å². The van der Waals surface area contributed by atoms with Gasteiger partial charge >= 0.3 is 5.97 Å². The maximum absolute atomic E-state index is 13.0. The quantitative estimate of drug-likeness (QED) is 0.589. The second kappa shape index (κ2) is 6.82. The number of esters is 1. The Morgan fingerprint density at radius 2 is 1.88 bits per heavy atom. The Balaban J connectivity index is 1.54. The molecule has 0 N–H and O–H groups in total. The summed E-state index contributed by atoms with van der Waals surface area (Å²) >= 11 is 0. The van der Waals surface area contributed by atoms with Crippen LogP contribution in [0.2, 0.25) is 0 Å². The van der Waals surface area contributed by atoms with Crippen molar-refractivity contribution in [3.05, 3.63) is 41.5 Å². The average molecular weight is 375 g/mol. The van der Waals surface area contributed by atoms with Crippen molar-refractivity contribution >= 4 is 16.0 Å². The number of rotatable bonds is 2. The number of hydrogen-bond acceptors (Lipinski definition) is 4. The molecule has 4 rings (SSSR count). The molecule has 0 aromatic heterocycles. The van der Waals surface area contributed by atoms with Crippen LogP contribution in [0.15, 0.2) is 40.8 Å². The first-order chi connectivity index (χ1) is 12.4. The summed E-state index contributed by atoms with van der Waals surface area (Å²) in [5.74, 6) is 0.436. The van der Waals surface area contributed by atoms with Crippen molar-refractivity contribution < 1.29 is 17.9 Å². The summed E-state index contributed by atoms with van der Waals surface area (Å²) in [6.07, 6.45) is 5.47. The number of fused-ring (bicyclic) bond motifs is 2. The first kappa shape index (κ1) is 17.7. The van der Waals surface area contributed by atoms with Gasteiger partial charge in [0.05, 0.1) is 17.4 Å². The van der Waals surface area contributed by atoms with Crippen LogP contribution in [0.5, 0.6) is 0 Å². The summed E-state index contributed by atoms with van der Waals surface area (Å²) in [6.45, 7) is 3.47. The zero-order valence-corrected chi connectivity index (χ0v) is 15.9. The van der Waals surface area contributed by atoms with E-state index in [9.17, 15) is 13.2 Å². The first-order valence-corrected chi connectivity index (χ1v) is 10.8. The maximum Gasteiger partial charge on any atom is 0.309 e. The van der Waals surface area contributed by atoms with Crippen molar-refractivity contribution in [3.63, 3.8) is 0 Å². The van der Waals surface area contributed by atoms with Crippen molar-refractivity contribution in [1.29, 1.82) is 0 Å². The topological polar surface area (TPSA) is 63.7 Å². The van der Waals surface area contributed by atoms with Gasteiger partial charge in [-0.05, 0) is 56.6 Å². The van der Waals surface area contributed by atoms with Crippen molar-refractivity contribution in [3.8, 4) is 0 Å². The van der Waals surface area contributed by atoms with Gasteiger partial charge in [0.15, 0.2) is 0 Å². The van der Waals surface area contributed by atoms with Gasteiger partial charge in [-0.3, -0.25) is 4.79 Å². The normalized spacial score (nSPS) is 29.8. The van der Waals surface area contributed by atoms with E-state index >= 15 is 0 Å². The molecule has 1 aromatic carbocycles. The average Bonchev–Trinajstić information content (AvgIpc) is 2.83. The molecule has 2 heterocycles. The number of aryl methyl sites for hydroxylation is 1. The van der Waals surface area contributed by atoms with E-state index in [0.717, 1.165) is 31.2 Å². The molecule has 2 aliphatic heterocycles. The molecule has 0 bridgehead atoms. The van der Waals surface area contributed by atoms with E-state index in [0.29, 0.717) is 30.5 Å². The van der Waals surface area contributed by atoms with Crippen LogP contribution in [0.25, 0.3) is 0 Å². The summed E-state index contributed by atoms with van der Waals surface area (Å²) in [4.78, 5) is 12.4. The van der Waals surface area contributed by atoms with Gasteiger partial charge in [0.2, 0.25) is 10.0 Å². The minimum absolute atomic E-state index is 0.0437. The number of ether oxygens (including phenoxy) is 1. The number of allylic oxidation sites excluding steroid dienone is 1. The van der Waals surface area contributed by atoms with E-state index in [1.807, 2.05) is 19.1 Å². The second-order valence-corrected chi connectivity index (χ2v) is 9.59. The summed E-state index contributed by atoms with van der Waals surface area (Å²) < 4.78 is 32.8. The minimum Gasteiger partial charge on any atom is -0.465 e. The van der Waals surface area contributed by atoms with E-state index in [1.165, 1.54) is 5.57 Å². The van der Waals surface area contributed by atoms with Gasteiger partial charge in [0.25, 0.3) is 0 Å². The van der Waals surface area contributed by atoms with Gasteiger partial charge in [-0.25, -0.2) is 8.42 Å². The van der Waals surface area contributed by atoms with Crippen LogP contribution in [0.4, 0.5) is 0 Å². The van der Waals surface area contributed by atoms with Crippen LogP contribution in [0.1, 0.15) is 31.2 Å². The number of hydrogen-bond donors (Lipinski definition) is 0. The molecule has 3 atom stereocenters. The molecule has 1 aliphatic carbocycles. The monoisotopic (exact) mass is 375 g/mol. The standard InChI is InChI=1S/C20H25NO4S/c1-14-2-4-18(5-3-14)26(23,24)21-9-6-15-12-17-8-11-25-20(22)19(17)13-16(15)7-10-21/h2-5,12,16-17,19H,6-11,13H2,1H3/t16-,17-,19+/m1/s1. The molecular weight excluding hydrogens is 350 g/mol. The number of sulfonamides is 1. The SMILES string of the molecule is Cc1ccc(S(=O)(=O)N2CCC3=C[C@H]4CCOC(=O)[C@H]4C[C@H]3CC2)cc1. The third kappa shape index (κ3) is 3.21. The molecule has 6 heteroatoms. The fourth-order valence-corrected chi connectivity index (χ4v) is 5.93. The van der Waals surface area contributed by atoms with Crippen LogP contribution in [0.3, 0.4) is 0 Å². The maximum atomic E-state index is 13.0. The van der Waals surface area contributed by atoms with Gasteiger partial charge in [-0.1, -0.05) is 29.3 Å². The van der Waals surface area contributed by atoms with Crippen molar-refractivity contribution in [2.24, 2.45) is 17.8 Å². The zero-order valence-electron chi connectivity index (χ0n) is 15.1. The molecule has 0 saturated carbocycles. The predicted octanol–water partition coefficient (Wildman–Crippen LogP) is 2.91. The lowest BCUT2D eigenvalue weighted by Crippen LogP contribution is -2.36. The molecule has 0 spiro atoms. The number of carbonyl (C=O) groups is 1. The molecule has 5 nitrogen and oxygen atoms in total. The van der Waals surface area contributed by atoms with Gasteiger partial charge in [-0.15, -0.1) is 0 Å². The van der Waals surface area contributed by atoms with E-state index in [-0.39, 0.29) is 17.8 Å². The summed E-state index contributed by atoms with van der Waals surface area (Å²) in [6, 6.07) is 7.05. The van der Waals surface area contributed by atoms with Gasteiger partial charge in [0.1, 0.15) is 0 Å². The summed E-state index contributed by atoms with van der Waals surface area (Å²) in [7, 11) is -3.47. The zero-order chi connectivity index (χ0) is 18.3. The highest BCUT2D eigenvalue weighted by Gasteiger charge is 2.40. The molecule has 2 fully saturated rings. The molecule has 0 radical (unpaired) electrons. The van der Waals surface area contributed by atoms with Gasteiger partial charge < -0.3 is 4.74 Å². The number of cyclic esters (lactones) is 1. The van der Waals surface area contributed by atoms with E-state index < -0.39 is 10.0 Å². The largest absolute Gasteiger partial charge is 0.465 e. The van der Waals surface area contributed by atoms with Crippen LogP contribution < -0.4 is 0 Å². The van der Waals surface area contributed by atoms with E-state index in [4.69, 9.17) is 4.74 Å². The summed E-state index contributed by atoms with van der Waals surface area (Å²) in [5, 5.41) is 0. The Kier molecular flexibility index (Phi) is 4.65. The van der Waals surface area contributed by atoms with Gasteiger partial charge in [0, 0.05) is 13.1 Å². The summed E-state index contributed by atoms with van der Waals surface area (Å²) in [5.41, 5.74) is 2.38. The number of carbonyl (C=O) groups excluding carboxylic acids is 1. The lowest BCUT2D eigenvalue weighted by molar-refractivity contribution is -0.156. The first-order valence-electron chi connectivity index (χ1n) is 9.39. The van der Waals surface area contributed by atoms with Crippen LogP contribution >= 0.6 is 0 Å². The van der Waals surface area contributed by atoms with Crippen molar-refractivity contribution in [2.45, 2.75) is 37.5 Å². The Labute approximate surface area is 155 Å². The lowest BCUT2D eigenvalue weighted by Gasteiger charge is -2.36. The molecular formula is C20H25NO4S. The Morgan fingerprint density at radius 1 is 1.12 bits per heavy atom. The molecule has 0 unspecified atom stereocenters. The predicted molar refractivity (Wildman–Crippen MR) is 97.9 cm³/mol. The third-order valence-electron chi connectivity index (χ3n) is 6.04. The Morgan fingerprint density at radius 3 is 2.65 bits per heavy atom. The van der Waals surface area contributed by atoms with Crippen molar-refractivity contribution in [1.82, 2.24) is 4.31 Å². The van der Waals surface area contributed by atoms with Crippen LogP contribution in [-0.4, -0.2) is 38.4 Å². The van der Waals surface area contributed by atoms with E-state index in [1.54, 1.807) is 16.4 Å². The number of nitrogens with zero attached hydrogens (tertiary/aromatic N) is 1. The number of benzene rings is 1. The fourth-order valence-electron chi connectivity index (χ4n) is 4.47. The van der Waals surface area contributed by atoms with Crippen LogP contribution in [0, 0.1) is 24.7 Å². The Hall–Kier alpha value is -1.66. The lowest BCUT2D eigenvalue weighted by atomic mass is 9.71. The molecule has 26 heavy (non-hydrogen) atoms. The molecule has 2 saturated heterocycles. The fraction of sp³-hybridized carbons (Fsp3) is 0.550. The highest BCUT2D eigenvalue weighted by atomic mass is 32.2. The second-order valence-electron chi connectivity index (χ2n) is 7.66. The van der Waals surface area contributed by atoms with Crippen LogP contribution in [-0.2, 0) is 19.6 Å². The highest BCUT2D eigenvalue weighted by Crippen LogP contribution is 2.42.